The Labute approximate surface area is 114 Å². The monoisotopic (exact) mass is 262 g/mol. The van der Waals surface area contributed by atoms with Crippen LogP contribution in [0.3, 0.4) is 0 Å². The number of carbonyl (C=O) groups is 1. The molecule has 4 nitrogen and oxygen atoms in total. The van der Waals surface area contributed by atoms with Gasteiger partial charge in [-0.3, -0.25) is 4.79 Å². The molecular formula is C15H22N2O2. The van der Waals surface area contributed by atoms with Gasteiger partial charge in [-0.25, -0.2) is 0 Å². The van der Waals surface area contributed by atoms with Crippen molar-refractivity contribution in [3.63, 3.8) is 0 Å². The molecule has 0 aromatic heterocycles. The topological polar surface area (TPSA) is 50.4 Å². The molecule has 1 saturated carbocycles. The van der Waals surface area contributed by atoms with Crippen molar-refractivity contribution in [3.8, 4) is 0 Å². The smallest absolute Gasteiger partial charge is 0.221 e. The van der Waals surface area contributed by atoms with Gasteiger partial charge in [0.15, 0.2) is 0 Å². The van der Waals surface area contributed by atoms with Gasteiger partial charge in [0.1, 0.15) is 0 Å². The van der Waals surface area contributed by atoms with E-state index in [1.807, 2.05) is 0 Å². The van der Waals surface area contributed by atoms with E-state index < -0.39 is 0 Å². The highest BCUT2D eigenvalue weighted by molar-refractivity contribution is 5.76. The highest BCUT2D eigenvalue weighted by atomic mass is 16.5. The summed E-state index contributed by atoms with van der Waals surface area (Å²) in [5.41, 5.74) is 2.40. The Kier molecular flexibility index (Phi) is 5.36. The first-order valence-electron chi connectivity index (χ1n) is 6.85. The standard InChI is InChI=1S/C15H22N2O2/c1-19-11-13-4-2-12(3-5-13)10-16-9-8-15(18)17-14-6-7-14/h2-5,14,16H,6-11H2,1H3,(H,17,18). The van der Waals surface area contributed by atoms with Crippen LogP contribution >= 0.6 is 0 Å². The second-order valence-corrected chi connectivity index (χ2v) is 5.02. The van der Waals surface area contributed by atoms with E-state index in [9.17, 15) is 4.79 Å². The molecule has 4 heteroatoms. The first-order chi connectivity index (χ1) is 9.28. The summed E-state index contributed by atoms with van der Waals surface area (Å²) in [4.78, 5) is 11.5. The number of carbonyl (C=O) groups excluding carboxylic acids is 1. The molecule has 0 aliphatic heterocycles. The number of hydrogen-bond donors (Lipinski definition) is 2. The van der Waals surface area contributed by atoms with Gasteiger partial charge in [0.25, 0.3) is 0 Å². The molecule has 1 aliphatic rings. The fourth-order valence-corrected chi connectivity index (χ4v) is 1.88. The summed E-state index contributed by atoms with van der Waals surface area (Å²) in [6, 6.07) is 8.78. The molecule has 2 N–H and O–H groups in total. The van der Waals surface area contributed by atoms with Crippen molar-refractivity contribution in [1.82, 2.24) is 10.6 Å². The van der Waals surface area contributed by atoms with Gasteiger partial charge in [0, 0.05) is 32.7 Å². The van der Waals surface area contributed by atoms with E-state index in [1.54, 1.807) is 7.11 Å². The predicted octanol–water partition coefficient (Wildman–Crippen LogP) is 1.59. The van der Waals surface area contributed by atoms with Crippen molar-refractivity contribution >= 4 is 5.91 Å². The Morgan fingerprint density at radius 2 is 1.95 bits per heavy atom. The quantitative estimate of drug-likeness (QED) is 0.700. The van der Waals surface area contributed by atoms with Crippen molar-refractivity contribution in [2.45, 2.75) is 38.5 Å². The average Bonchev–Trinajstić information content (AvgIpc) is 3.21. The zero-order valence-electron chi connectivity index (χ0n) is 11.4. The van der Waals surface area contributed by atoms with Gasteiger partial charge >= 0.3 is 0 Å². The van der Waals surface area contributed by atoms with Gasteiger partial charge < -0.3 is 15.4 Å². The average molecular weight is 262 g/mol. The normalized spacial score (nSPS) is 14.4. The van der Waals surface area contributed by atoms with E-state index in [4.69, 9.17) is 4.74 Å². The second kappa shape index (κ2) is 7.26. The molecule has 0 bridgehead atoms. The first-order valence-corrected chi connectivity index (χ1v) is 6.85. The number of ether oxygens (including phenoxy) is 1. The molecule has 0 atom stereocenters. The lowest BCUT2D eigenvalue weighted by Crippen LogP contribution is -2.28. The Hall–Kier alpha value is -1.39. The summed E-state index contributed by atoms with van der Waals surface area (Å²) in [6.45, 7) is 2.16. The maximum atomic E-state index is 11.5. The molecule has 0 saturated heterocycles. The van der Waals surface area contributed by atoms with Crippen LogP contribution in [-0.4, -0.2) is 25.6 Å². The van der Waals surface area contributed by atoms with Gasteiger partial charge in [0.05, 0.1) is 6.61 Å². The van der Waals surface area contributed by atoms with Crippen molar-refractivity contribution in [2.75, 3.05) is 13.7 Å². The first kappa shape index (κ1) is 14.0. The molecule has 0 spiro atoms. The Bertz CT molecular complexity index is 399. The van der Waals surface area contributed by atoms with Crippen LogP contribution in [0.4, 0.5) is 0 Å². The third-order valence-electron chi connectivity index (χ3n) is 3.13. The second-order valence-electron chi connectivity index (χ2n) is 5.02. The number of rotatable bonds is 8. The minimum Gasteiger partial charge on any atom is -0.380 e. The van der Waals surface area contributed by atoms with Gasteiger partial charge in [-0.2, -0.15) is 0 Å². The van der Waals surface area contributed by atoms with Gasteiger partial charge in [-0.05, 0) is 24.0 Å². The highest BCUT2D eigenvalue weighted by Crippen LogP contribution is 2.18. The minimum atomic E-state index is 0.158. The Balaban J connectivity index is 1.60. The van der Waals surface area contributed by atoms with E-state index in [1.165, 1.54) is 11.1 Å². The SMILES string of the molecule is COCc1ccc(CNCCC(=O)NC2CC2)cc1. The summed E-state index contributed by atoms with van der Waals surface area (Å²) < 4.78 is 5.07. The summed E-state index contributed by atoms with van der Waals surface area (Å²) in [5.74, 6) is 0.158. The lowest BCUT2D eigenvalue weighted by molar-refractivity contribution is -0.121. The van der Waals surface area contributed by atoms with Gasteiger partial charge in [0.2, 0.25) is 5.91 Å². The Morgan fingerprint density at radius 1 is 1.26 bits per heavy atom. The van der Waals surface area contributed by atoms with Crippen LogP contribution < -0.4 is 10.6 Å². The van der Waals surface area contributed by atoms with E-state index in [0.717, 1.165) is 25.9 Å². The van der Waals surface area contributed by atoms with Crippen molar-refractivity contribution < 1.29 is 9.53 Å². The highest BCUT2D eigenvalue weighted by Gasteiger charge is 2.22. The van der Waals surface area contributed by atoms with Crippen LogP contribution in [0.2, 0.25) is 0 Å². The van der Waals surface area contributed by atoms with E-state index in [2.05, 4.69) is 34.9 Å². The van der Waals surface area contributed by atoms with Crippen molar-refractivity contribution in [2.24, 2.45) is 0 Å². The summed E-state index contributed by atoms with van der Waals surface area (Å²) >= 11 is 0. The van der Waals surface area contributed by atoms with E-state index in [0.29, 0.717) is 19.1 Å². The zero-order chi connectivity index (χ0) is 13.5. The third-order valence-corrected chi connectivity index (χ3v) is 3.13. The molecular weight excluding hydrogens is 240 g/mol. The van der Waals surface area contributed by atoms with Gasteiger partial charge in [-0.15, -0.1) is 0 Å². The van der Waals surface area contributed by atoms with Gasteiger partial charge in [-0.1, -0.05) is 24.3 Å². The zero-order valence-corrected chi connectivity index (χ0v) is 11.4. The Morgan fingerprint density at radius 3 is 2.58 bits per heavy atom. The van der Waals surface area contributed by atoms with Crippen molar-refractivity contribution in [3.05, 3.63) is 35.4 Å². The lowest BCUT2D eigenvalue weighted by atomic mass is 10.1. The van der Waals surface area contributed by atoms with Crippen molar-refractivity contribution in [1.29, 1.82) is 0 Å². The molecule has 2 rings (SSSR count). The fraction of sp³-hybridized carbons (Fsp3) is 0.533. The molecule has 1 amide bonds. The molecule has 1 aromatic carbocycles. The van der Waals surface area contributed by atoms with E-state index >= 15 is 0 Å². The third kappa shape index (κ3) is 5.41. The van der Waals surface area contributed by atoms with Crippen LogP contribution in [0.5, 0.6) is 0 Å². The van der Waals surface area contributed by atoms with Crippen LogP contribution in [-0.2, 0) is 22.7 Å². The summed E-state index contributed by atoms with van der Waals surface area (Å²) in [5, 5.41) is 6.27. The number of hydrogen-bond acceptors (Lipinski definition) is 3. The van der Waals surface area contributed by atoms with Crippen LogP contribution in [0, 0.1) is 0 Å². The van der Waals surface area contributed by atoms with Crippen LogP contribution in [0.1, 0.15) is 30.4 Å². The number of amides is 1. The minimum absolute atomic E-state index is 0.158. The lowest BCUT2D eigenvalue weighted by Gasteiger charge is -2.06. The maximum absolute atomic E-state index is 11.5. The van der Waals surface area contributed by atoms with Crippen LogP contribution in [0.15, 0.2) is 24.3 Å². The number of methoxy groups -OCH3 is 1. The molecule has 0 unspecified atom stereocenters. The number of nitrogens with one attached hydrogen (secondary N) is 2. The molecule has 104 valence electrons. The molecule has 0 heterocycles. The molecule has 1 aliphatic carbocycles. The molecule has 0 radical (unpaired) electrons. The summed E-state index contributed by atoms with van der Waals surface area (Å²) in [6.07, 6.45) is 2.85. The number of benzene rings is 1. The molecule has 1 fully saturated rings. The largest absolute Gasteiger partial charge is 0.380 e. The fourth-order valence-electron chi connectivity index (χ4n) is 1.88. The predicted molar refractivity (Wildman–Crippen MR) is 74.6 cm³/mol. The molecule has 19 heavy (non-hydrogen) atoms. The summed E-state index contributed by atoms with van der Waals surface area (Å²) in [7, 11) is 1.70. The van der Waals surface area contributed by atoms with Crippen LogP contribution in [0.25, 0.3) is 0 Å². The molecule has 1 aromatic rings. The maximum Gasteiger partial charge on any atom is 0.221 e. The van der Waals surface area contributed by atoms with E-state index in [-0.39, 0.29) is 5.91 Å².